The Morgan fingerprint density at radius 1 is 0.656 bits per heavy atom. The summed E-state index contributed by atoms with van der Waals surface area (Å²) in [5.74, 6) is 2.97. The molecular weight excluding hydrogens is 392 g/mol. The van der Waals surface area contributed by atoms with E-state index in [9.17, 15) is 9.59 Å². The first-order valence-electron chi connectivity index (χ1n) is 13.1. The Bertz CT molecular complexity index is 713. The summed E-state index contributed by atoms with van der Waals surface area (Å²) in [5.41, 5.74) is 2.20. The Kier molecular flexibility index (Phi) is 8.05. The number of hydrogen-bond donors (Lipinski definition) is 0. The highest BCUT2D eigenvalue weighted by Gasteiger charge is 2.32. The van der Waals surface area contributed by atoms with Crippen molar-refractivity contribution in [3.05, 3.63) is 35.4 Å². The Morgan fingerprint density at radius 2 is 1.00 bits per heavy atom. The SMILES string of the molecule is CC(C)(C)C1CCC(CC(=O)c2cccc(C(=O)CC3CCC(C(C)(C)C)CC3)c2)CC1. The van der Waals surface area contributed by atoms with Gasteiger partial charge in [-0.3, -0.25) is 9.59 Å². The first-order chi connectivity index (χ1) is 14.9. The molecule has 1 aromatic rings. The van der Waals surface area contributed by atoms with Crippen molar-refractivity contribution in [2.75, 3.05) is 0 Å². The van der Waals surface area contributed by atoms with Gasteiger partial charge in [-0.15, -0.1) is 0 Å². The summed E-state index contributed by atoms with van der Waals surface area (Å²) >= 11 is 0. The molecule has 0 spiro atoms. The van der Waals surface area contributed by atoms with Gasteiger partial charge in [-0.25, -0.2) is 0 Å². The van der Waals surface area contributed by atoms with Crippen LogP contribution in [0.4, 0.5) is 0 Å². The molecule has 0 aliphatic heterocycles. The summed E-state index contributed by atoms with van der Waals surface area (Å²) in [6.45, 7) is 14.0. The smallest absolute Gasteiger partial charge is 0.163 e. The van der Waals surface area contributed by atoms with Gasteiger partial charge in [-0.05, 0) is 91.9 Å². The number of carbonyl (C=O) groups is 2. The van der Waals surface area contributed by atoms with Crippen molar-refractivity contribution in [1.29, 1.82) is 0 Å². The topological polar surface area (TPSA) is 34.1 Å². The molecule has 178 valence electrons. The Hall–Kier alpha value is -1.44. The fourth-order valence-electron chi connectivity index (χ4n) is 6.09. The number of hydrogen-bond acceptors (Lipinski definition) is 2. The Labute approximate surface area is 197 Å². The van der Waals surface area contributed by atoms with Crippen LogP contribution in [0.1, 0.15) is 126 Å². The molecule has 0 N–H and O–H groups in total. The second-order valence-corrected chi connectivity index (χ2v) is 13.0. The van der Waals surface area contributed by atoms with Crippen LogP contribution in [0.25, 0.3) is 0 Å². The van der Waals surface area contributed by atoms with E-state index in [1.807, 2.05) is 24.3 Å². The Balaban J connectivity index is 1.51. The quantitative estimate of drug-likeness (QED) is 0.417. The summed E-state index contributed by atoms with van der Waals surface area (Å²) in [6, 6.07) is 7.56. The zero-order valence-electron chi connectivity index (χ0n) is 21.5. The monoisotopic (exact) mass is 438 g/mol. The van der Waals surface area contributed by atoms with Gasteiger partial charge in [0.25, 0.3) is 0 Å². The lowest BCUT2D eigenvalue weighted by Crippen LogP contribution is -2.27. The second kappa shape index (κ2) is 10.2. The Morgan fingerprint density at radius 3 is 1.31 bits per heavy atom. The van der Waals surface area contributed by atoms with Crippen LogP contribution in [-0.2, 0) is 0 Å². The molecule has 0 aromatic heterocycles. The van der Waals surface area contributed by atoms with Gasteiger partial charge < -0.3 is 0 Å². The standard InChI is InChI=1S/C30H46O2/c1-29(2,3)25-14-10-21(11-15-25)18-27(31)23-8-7-9-24(20-23)28(32)19-22-12-16-26(17-13-22)30(4,5)6/h7-9,20-22,25-26H,10-19H2,1-6H3. The lowest BCUT2D eigenvalue weighted by Gasteiger charge is -2.37. The molecule has 0 heterocycles. The van der Waals surface area contributed by atoms with Crippen molar-refractivity contribution >= 4 is 11.6 Å². The number of benzene rings is 1. The van der Waals surface area contributed by atoms with Gasteiger partial charge >= 0.3 is 0 Å². The average molecular weight is 439 g/mol. The predicted molar refractivity (Wildman–Crippen MR) is 134 cm³/mol. The molecule has 2 fully saturated rings. The molecule has 3 rings (SSSR count). The highest BCUT2D eigenvalue weighted by molar-refractivity contribution is 6.01. The summed E-state index contributed by atoms with van der Waals surface area (Å²) < 4.78 is 0. The van der Waals surface area contributed by atoms with Gasteiger partial charge in [-0.1, -0.05) is 59.7 Å². The summed E-state index contributed by atoms with van der Waals surface area (Å²) in [5, 5.41) is 0. The first-order valence-corrected chi connectivity index (χ1v) is 13.1. The molecule has 2 aliphatic rings. The fourth-order valence-corrected chi connectivity index (χ4v) is 6.09. The van der Waals surface area contributed by atoms with Crippen LogP contribution in [0.2, 0.25) is 0 Å². The van der Waals surface area contributed by atoms with Crippen LogP contribution in [0.5, 0.6) is 0 Å². The van der Waals surface area contributed by atoms with E-state index < -0.39 is 0 Å². The van der Waals surface area contributed by atoms with Gasteiger partial charge in [0.1, 0.15) is 0 Å². The van der Waals surface area contributed by atoms with Crippen LogP contribution in [0.3, 0.4) is 0 Å². The maximum absolute atomic E-state index is 13.0. The van der Waals surface area contributed by atoms with Crippen molar-refractivity contribution in [3.8, 4) is 0 Å². The van der Waals surface area contributed by atoms with E-state index in [0.717, 1.165) is 48.6 Å². The molecular formula is C30H46O2. The highest BCUT2D eigenvalue weighted by atomic mass is 16.1. The van der Waals surface area contributed by atoms with Crippen molar-refractivity contribution in [2.45, 2.75) is 106 Å². The minimum absolute atomic E-state index is 0.213. The van der Waals surface area contributed by atoms with Gasteiger partial charge in [-0.2, -0.15) is 0 Å². The van der Waals surface area contributed by atoms with E-state index in [1.165, 1.54) is 25.7 Å². The molecule has 0 unspecified atom stereocenters. The third-order valence-corrected chi connectivity index (χ3v) is 8.60. The van der Waals surface area contributed by atoms with E-state index in [4.69, 9.17) is 0 Å². The molecule has 2 saturated carbocycles. The lowest BCUT2D eigenvalue weighted by atomic mass is 9.69. The maximum atomic E-state index is 13.0. The van der Waals surface area contributed by atoms with Gasteiger partial charge in [0, 0.05) is 24.0 Å². The summed E-state index contributed by atoms with van der Waals surface area (Å²) in [6.07, 6.45) is 10.8. The van der Waals surface area contributed by atoms with Gasteiger partial charge in [0.15, 0.2) is 11.6 Å². The minimum Gasteiger partial charge on any atom is -0.294 e. The lowest BCUT2D eigenvalue weighted by molar-refractivity contribution is 0.0915. The molecule has 1 aromatic carbocycles. The van der Waals surface area contributed by atoms with E-state index in [-0.39, 0.29) is 11.6 Å². The minimum atomic E-state index is 0.213. The fraction of sp³-hybridized carbons (Fsp3) is 0.733. The number of rotatable bonds is 6. The van der Waals surface area contributed by atoms with E-state index >= 15 is 0 Å². The van der Waals surface area contributed by atoms with Crippen LogP contribution in [-0.4, -0.2) is 11.6 Å². The molecule has 2 nitrogen and oxygen atoms in total. The summed E-state index contributed by atoms with van der Waals surface area (Å²) in [4.78, 5) is 25.9. The molecule has 2 heteroatoms. The third-order valence-electron chi connectivity index (χ3n) is 8.60. The second-order valence-electron chi connectivity index (χ2n) is 13.0. The molecule has 32 heavy (non-hydrogen) atoms. The molecule has 0 saturated heterocycles. The summed E-state index contributed by atoms with van der Waals surface area (Å²) in [7, 11) is 0. The number of Topliss-reactive ketones (excluding diaryl/α,β-unsaturated/α-hetero) is 2. The van der Waals surface area contributed by atoms with Gasteiger partial charge in [0.05, 0.1) is 0 Å². The van der Waals surface area contributed by atoms with E-state index in [2.05, 4.69) is 41.5 Å². The third kappa shape index (κ3) is 6.78. The number of ketones is 2. The van der Waals surface area contributed by atoms with Crippen LogP contribution < -0.4 is 0 Å². The van der Waals surface area contributed by atoms with Crippen LogP contribution in [0, 0.1) is 34.5 Å². The number of carbonyl (C=O) groups excluding carboxylic acids is 2. The maximum Gasteiger partial charge on any atom is 0.163 e. The van der Waals surface area contributed by atoms with Crippen LogP contribution >= 0.6 is 0 Å². The zero-order valence-corrected chi connectivity index (χ0v) is 21.5. The van der Waals surface area contributed by atoms with Crippen molar-refractivity contribution in [1.82, 2.24) is 0 Å². The van der Waals surface area contributed by atoms with Crippen LogP contribution in [0.15, 0.2) is 24.3 Å². The highest BCUT2D eigenvalue weighted by Crippen LogP contribution is 2.42. The molecule has 0 atom stereocenters. The first kappa shape index (κ1) is 25.2. The zero-order chi connectivity index (χ0) is 23.5. The molecule has 0 radical (unpaired) electrons. The average Bonchev–Trinajstić information content (AvgIpc) is 2.73. The molecule has 0 bridgehead atoms. The van der Waals surface area contributed by atoms with E-state index in [1.54, 1.807) is 0 Å². The normalized spacial score (nSPS) is 27.2. The van der Waals surface area contributed by atoms with Crippen molar-refractivity contribution in [3.63, 3.8) is 0 Å². The van der Waals surface area contributed by atoms with Gasteiger partial charge in [0.2, 0.25) is 0 Å². The van der Waals surface area contributed by atoms with Crippen molar-refractivity contribution in [2.24, 2.45) is 34.5 Å². The predicted octanol–water partition coefficient (Wildman–Crippen LogP) is 8.54. The molecule has 0 amide bonds. The van der Waals surface area contributed by atoms with E-state index in [0.29, 0.717) is 35.5 Å². The molecule has 2 aliphatic carbocycles. The largest absolute Gasteiger partial charge is 0.294 e. The van der Waals surface area contributed by atoms with Crippen molar-refractivity contribution < 1.29 is 9.59 Å².